The Morgan fingerprint density at radius 2 is 1.49 bits per heavy atom. The number of amides is 4. The van der Waals surface area contributed by atoms with E-state index >= 15 is 0 Å². The van der Waals surface area contributed by atoms with Crippen molar-refractivity contribution in [2.24, 2.45) is 0 Å². The Kier molecular flexibility index (Phi) is 8.23. The first-order valence-electron chi connectivity index (χ1n) is 14.0. The van der Waals surface area contributed by atoms with E-state index in [-0.39, 0.29) is 19.1 Å². The van der Waals surface area contributed by atoms with E-state index in [2.05, 4.69) is 22.8 Å². The molecule has 3 N–H and O–H groups in total. The molecule has 2 saturated heterocycles. The van der Waals surface area contributed by atoms with Gasteiger partial charge < -0.3 is 25.4 Å². The van der Waals surface area contributed by atoms with E-state index in [4.69, 9.17) is 4.74 Å². The molecule has 11 heteroatoms. The summed E-state index contributed by atoms with van der Waals surface area (Å²) in [5.74, 6) is -2.71. The van der Waals surface area contributed by atoms with Crippen LogP contribution in [0.15, 0.2) is 48.5 Å². The fraction of sp³-hybridized carbons (Fsp3) is 0.433. The van der Waals surface area contributed by atoms with Crippen LogP contribution < -0.4 is 10.6 Å². The van der Waals surface area contributed by atoms with Gasteiger partial charge in [0, 0.05) is 19.0 Å². The van der Waals surface area contributed by atoms with Gasteiger partial charge in [-0.05, 0) is 54.9 Å². The zero-order valence-corrected chi connectivity index (χ0v) is 22.9. The largest absolute Gasteiger partial charge is 0.480 e. The van der Waals surface area contributed by atoms with Crippen molar-refractivity contribution in [3.63, 3.8) is 0 Å². The Hall–Kier alpha value is -4.41. The Morgan fingerprint density at radius 1 is 0.902 bits per heavy atom. The number of rotatable bonds is 8. The number of carbonyl (C=O) groups is 5. The summed E-state index contributed by atoms with van der Waals surface area (Å²) in [5.41, 5.74) is 4.44. The molecule has 41 heavy (non-hydrogen) atoms. The van der Waals surface area contributed by atoms with Crippen molar-refractivity contribution in [3.8, 4) is 11.1 Å². The summed E-state index contributed by atoms with van der Waals surface area (Å²) in [4.78, 5) is 65.1. The van der Waals surface area contributed by atoms with Gasteiger partial charge in [0.25, 0.3) is 0 Å². The number of carboxylic acid groups (broad SMARTS) is 1. The van der Waals surface area contributed by atoms with Gasteiger partial charge in [0.15, 0.2) is 0 Å². The molecule has 0 spiro atoms. The normalized spacial score (nSPS) is 20.2. The molecule has 1 aliphatic carbocycles. The number of carboxylic acids is 1. The van der Waals surface area contributed by atoms with E-state index in [1.165, 1.54) is 16.7 Å². The van der Waals surface area contributed by atoms with Gasteiger partial charge in [0.2, 0.25) is 17.7 Å². The van der Waals surface area contributed by atoms with Crippen LogP contribution in [0.2, 0.25) is 0 Å². The first-order chi connectivity index (χ1) is 19.8. The van der Waals surface area contributed by atoms with Crippen LogP contribution in [0.5, 0.6) is 0 Å². The lowest BCUT2D eigenvalue weighted by Crippen LogP contribution is -2.53. The van der Waals surface area contributed by atoms with Gasteiger partial charge in [-0.3, -0.25) is 19.3 Å². The maximum Gasteiger partial charge on any atom is 0.410 e. The van der Waals surface area contributed by atoms with Gasteiger partial charge in [0.05, 0.1) is 6.54 Å². The van der Waals surface area contributed by atoms with Crippen molar-refractivity contribution >= 4 is 29.8 Å². The van der Waals surface area contributed by atoms with E-state index in [1.54, 1.807) is 0 Å². The number of hydrogen-bond donors (Lipinski definition) is 3. The number of benzene rings is 2. The SMILES string of the molecule is CC(NC(=O)C1CCCN1C(=O)OCC1c2ccccc2-c2ccccc21)C(=O)NCC(=O)N1CCCC1C(=O)O. The zero-order chi connectivity index (χ0) is 29.1. The van der Waals surface area contributed by atoms with Crippen LogP contribution >= 0.6 is 0 Å². The highest BCUT2D eigenvalue weighted by Gasteiger charge is 2.38. The van der Waals surface area contributed by atoms with E-state index < -0.39 is 47.9 Å². The summed E-state index contributed by atoms with van der Waals surface area (Å²) >= 11 is 0. The summed E-state index contributed by atoms with van der Waals surface area (Å²) in [5, 5.41) is 14.4. The molecule has 2 fully saturated rings. The predicted octanol–water partition coefficient (Wildman–Crippen LogP) is 2.10. The number of carbonyl (C=O) groups excluding carboxylic acids is 4. The minimum Gasteiger partial charge on any atom is -0.480 e. The van der Waals surface area contributed by atoms with Crippen molar-refractivity contribution in [1.29, 1.82) is 0 Å². The summed E-state index contributed by atoms with van der Waals surface area (Å²) in [6, 6.07) is 13.5. The number of aliphatic carboxylic acids is 1. The highest BCUT2D eigenvalue weighted by molar-refractivity contribution is 5.93. The minimum atomic E-state index is -1.07. The van der Waals surface area contributed by atoms with E-state index in [9.17, 15) is 29.1 Å². The molecule has 3 unspecified atom stereocenters. The molecule has 5 rings (SSSR count). The molecule has 0 radical (unpaired) electrons. The number of ether oxygens (including phenoxy) is 1. The third-order valence-corrected chi connectivity index (χ3v) is 8.15. The van der Waals surface area contributed by atoms with Gasteiger partial charge in [-0.2, -0.15) is 0 Å². The Morgan fingerprint density at radius 3 is 2.12 bits per heavy atom. The van der Waals surface area contributed by atoms with Crippen LogP contribution in [-0.4, -0.2) is 89.1 Å². The van der Waals surface area contributed by atoms with Crippen LogP contribution in [0.25, 0.3) is 11.1 Å². The quantitative estimate of drug-likeness (QED) is 0.447. The van der Waals surface area contributed by atoms with Crippen LogP contribution in [0.3, 0.4) is 0 Å². The monoisotopic (exact) mass is 562 g/mol. The molecule has 2 heterocycles. The van der Waals surface area contributed by atoms with Gasteiger partial charge in [-0.25, -0.2) is 9.59 Å². The van der Waals surface area contributed by atoms with Crippen molar-refractivity contribution in [1.82, 2.24) is 20.4 Å². The van der Waals surface area contributed by atoms with Crippen LogP contribution in [0, 0.1) is 0 Å². The smallest absolute Gasteiger partial charge is 0.410 e. The predicted molar refractivity (Wildman–Crippen MR) is 148 cm³/mol. The first kappa shape index (κ1) is 28.1. The van der Waals surface area contributed by atoms with Crippen molar-refractivity contribution in [3.05, 3.63) is 59.7 Å². The lowest BCUT2D eigenvalue weighted by molar-refractivity contribution is -0.148. The molecule has 3 atom stereocenters. The fourth-order valence-electron chi connectivity index (χ4n) is 6.05. The molecule has 4 amide bonds. The Labute approximate surface area is 237 Å². The van der Waals surface area contributed by atoms with Crippen LogP contribution in [0.1, 0.15) is 49.7 Å². The molecule has 2 aromatic rings. The van der Waals surface area contributed by atoms with E-state index in [1.807, 2.05) is 36.4 Å². The molecular formula is C30H34N4O7. The first-order valence-corrected chi connectivity index (χ1v) is 14.0. The molecule has 3 aliphatic rings. The maximum atomic E-state index is 13.1. The highest BCUT2D eigenvalue weighted by atomic mass is 16.6. The zero-order valence-electron chi connectivity index (χ0n) is 22.9. The molecule has 0 aromatic heterocycles. The highest BCUT2D eigenvalue weighted by Crippen LogP contribution is 2.44. The lowest BCUT2D eigenvalue weighted by Gasteiger charge is -2.26. The molecule has 2 aliphatic heterocycles. The van der Waals surface area contributed by atoms with Gasteiger partial charge in [-0.1, -0.05) is 48.5 Å². The summed E-state index contributed by atoms with van der Waals surface area (Å²) in [6.07, 6.45) is 1.45. The van der Waals surface area contributed by atoms with E-state index in [0.717, 1.165) is 22.3 Å². The average molecular weight is 563 g/mol. The summed E-state index contributed by atoms with van der Waals surface area (Å²) < 4.78 is 5.74. The summed E-state index contributed by atoms with van der Waals surface area (Å²) in [7, 11) is 0. The third kappa shape index (κ3) is 5.75. The third-order valence-electron chi connectivity index (χ3n) is 8.15. The molecule has 11 nitrogen and oxygen atoms in total. The van der Waals surface area contributed by atoms with Crippen LogP contribution in [0.4, 0.5) is 4.79 Å². The van der Waals surface area contributed by atoms with Gasteiger partial charge >= 0.3 is 12.1 Å². The van der Waals surface area contributed by atoms with E-state index in [0.29, 0.717) is 38.8 Å². The molecular weight excluding hydrogens is 528 g/mol. The minimum absolute atomic E-state index is 0.0982. The second kappa shape index (κ2) is 12.0. The molecule has 0 saturated carbocycles. The molecule has 0 bridgehead atoms. The topological polar surface area (TPSA) is 145 Å². The number of nitrogens with one attached hydrogen (secondary N) is 2. The molecule has 216 valence electrons. The van der Waals surface area contributed by atoms with Gasteiger partial charge in [-0.15, -0.1) is 0 Å². The Balaban J connectivity index is 1.13. The molecule has 2 aromatic carbocycles. The number of hydrogen-bond acceptors (Lipinski definition) is 6. The summed E-state index contributed by atoms with van der Waals surface area (Å²) in [6.45, 7) is 1.96. The second-order valence-electron chi connectivity index (χ2n) is 10.7. The lowest BCUT2D eigenvalue weighted by atomic mass is 9.98. The standard InChI is InChI=1S/C30H34N4O7/c1-18(27(36)31-16-26(35)33-14-7-13-25(33)29(38)39)32-28(37)24-12-6-15-34(24)30(40)41-17-23-21-10-4-2-8-19(21)20-9-3-5-11-22(20)23/h2-5,8-11,18,23-25H,6-7,12-17H2,1H3,(H,31,36)(H,32,37)(H,38,39). The number of likely N-dealkylation sites (tertiary alicyclic amines) is 2. The number of fused-ring (bicyclic) bond motifs is 3. The van der Waals surface area contributed by atoms with Crippen LogP contribution in [-0.2, 0) is 23.9 Å². The maximum absolute atomic E-state index is 13.1. The fourth-order valence-corrected chi connectivity index (χ4v) is 6.05. The Bertz CT molecular complexity index is 1320. The van der Waals surface area contributed by atoms with Crippen molar-refractivity contribution in [2.45, 2.75) is 56.7 Å². The van der Waals surface area contributed by atoms with Gasteiger partial charge in [0.1, 0.15) is 24.7 Å². The van der Waals surface area contributed by atoms with Crippen molar-refractivity contribution < 1.29 is 33.8 Å². The average Bonchev–Trinajstić information content (AvgIpc) is 3.72. The van der Waals surface area contributed by atoms with Crippen molar-refractivity contribution in [2.75, 3.05) is 26.2 Å². The second-order valence-corrected chi connectivity index (χ2v) is 10.7. The number of nitrogens with zero attached hydrogens (tertiary/aromatic N) is 2.